The van der Waals surface area contributed by atoms with E-state index in [1.54, 1.807) is 13.8 Å². The molecule has 0 spiro atoms. The molecule has 0 radical (unpaired) electrons. The number of ether oxygens (including phenoxy) is 2. The molecular formula is C9H16O5. The largest absolute Gasteiger partial charge is 0.469 e. The molecule has 0 saturated heterocycles. The predicted octanol–water partition coefficient (Wildman–Crippen LogP) is 0.110. The minimum Gasteiger partial charge on any atom is -0.469 e. The minimum atomic E-state index is -1.30. The van der Waals surface area contributed by atoms with Gasteiger partial charge < -0.3 is 14.6 Å². The van der Waals surface area contributed by atoms with E-state index in [0.29, 0.717) is 0 Å². The first-order valence-corrected chi connectivity index (χ1v) is 4.19. The number of rotatable bonds is 4. The fourth-order valence-electron chi connectivity index (χ4n) is 1.06. The van der Waals surface area contributed by atoms with E-state index in [1.165, 1.54) is 14.2 Å². The molecular weight excluding hydrogens is 188 g/mol. The van der Waals surface area contributed by atoms with E-state index in [-0.39, 0.29) is 6.42 Å². The highest BCUT2D eigenvalue weighted by molar-refractivity contribution is 5.79. The van der Waals surface area contributed by atoms with Crippen LogP contribution in [0.15, 0.2) is 0 Å². The lowest BCUT2D eigenvalue weighted by Gasteiger charge is -2.23. The fourth-order valence-corrected chi connectivity index (χ4v) is 1.06. The molecule has 0 aromatic heterocycles. The SMILES string of the molecule is COC(=O)C(O)CC(C)(C)C(=O)OC. The van der Waals surface area contributed by atoms with Crippen molar-refractivity contribution in [3.63, 3.8) is 0 Å². The van der Waals surface area contributed by atoms with Gasteiger partial charge in [0.2, 0.25) is 0 Å². The van der Waals surface area contributed by atoms with Gasteiger partial charge >= 0.3 is 11.9 Å². The van der Waals surface area contributed by atoms with Gasteiger partial charge in [-0.25, -0.2) is 4.79 Å². The molecule has 0 heterocycles. The van der Waals surface area contributed by atoms with Gasteiger partial charge in [0.25, 0.3) is 0 Å². The van der Waals surface area contributed by atoms with E-state index in [0.717, 1.165) is 0 Å². The first kappa shape index (κ1) is 12.9. The zero-order valence-corrected chi connectivity index (χ0v) is 8.86. The summed E-state index contributed by atoms with van der Waals surface area (Å²) >= 11 is 0. The van der Waals surface area contributed by atoms with Crippen LogP contribution in [0.5, 0.6) is 0 Å². The van der Waals surface area contributed by atoms with E-state index in [9.17, 15) is 14.7 Å². The molecule has 0 aliphatic heterocycles. The van der Waals surface area contributed by atoms with Crippen LogP contribution in [0.3, 0.4) is 0 Å². The van der Waals surface area contributed by atoms with Crippen LogP contribution >= 0.6 is 0 Å². The van der Waals surface area contributed by atoms with Gasteiger partial charge in [-0.05, 0) is 20.3 Å². The zero-order chi connectivity index (χ0) is 11.4. The molecule has 14 heavy (non-hydrogen) atoms. The number of aliphatic hydroxyl groups excluding tert-OH is 1. The van der Waals surface area contributed by atoms with Gasteiger partial charge in [-0.1, -0.05) is 0 Å². The molecule has 1 atom stereocenters. The number of methoxy groups -OCH3 is 2. The minimum absolute atomic E-state index is 0.0215. The second-order valence-corrected chi connectivity index (χ2v) is 3.62. The average molecular weight is 204 g/mol. The summed E-state index contributed by atoms with van der Waals surface area (Å²) in [5.41, 5.74) is -0.900. The van der Waals surface area contributed by atoms with Crippen LogP contribution in [0.1, 0.15) is 20.3 Å². The Labute approximate surface area is 83.0 Å². The summed E-state index contributed by atoms with van der Waals surface area (Å²) in [7, 11) is 2.44. The third-order valence-corrected chi connectivity index (χ3v) is 1.91. The quantitative estimate of drug-likeness (QED) is 0.658. The summed E-state index contributed by atoms with van der Waals surface area (Å²) in [6, 6.07) is 0. The Bertz CT molecular complexity index is 221. The maximum absolute atomic E-state index is 11.2. The molecule has 82 valence electrons. The maximum Gasteiger partial charge on any atom is 0.334 e. The Balaban J connectivity index is 4.35. The van der Waals surface area contributed by atoms with E-state index >= 15 is 0 Å². The van der Waals surface area contributed by atoms with Crippen molar-refractivity contribution in [3.05, 3.63) is 0 Å². The summed E-state index contributed by atoms with van der Waals surface area (Å²) < 4.78 is 8.86. The summed E-state index contributed by atoms with van der Waals surface area (Å²) in [5.74, 6) is -1.22. The van der Waals surface area contributed by atoms with Crippen molar-refractivity contribution in [3.8, 4) is 0 Å². The highest BCUT2D eigenvalue weighted by Gasteiger charge is 2.34. The van der Waals surface area contributed by atoms with Crippen LogP contribution in [0.4, 0.5) is 0 Å². The van der Waals surface area contributed by atoms with Gasteiger partial charge in [-0.3, -0.25) is 4.79 Å². The monoisotopic (exact) mass is 204 g/mol. The summed E-state index contributed by atoms with van der Waals surface area (Å²) in [5, 5.41) is 9.32. The van der Waals surface area contributed by atoms with Crippen molar-refractivity contribution in [1.82, 2.24) is 0 Å². The molecule has 0 bridgehead atoms. The Kier molecular flexibility index (Phi) is 4.56. The molecule has 0 saturated carbocycles. The Morgan fingerprint density at radius 2 is 1.79 bits per heavy atom. The molecule has 1 unspecified atom stereocenters. The van der Waals surface area contributed by atoms with Gasteiger partial charge in [0.1, 0.15) is 0 Å². The smallest absolute Gasteiger partial charge is 0.334 e. The van der Waals surface area contributed by atoms with Crippen molar-refractivity contribution in [2.75, 3.05) is 14.2 Å². The van der Waals surface area contributed by atoms with Crippen molar-refractivity contribution >= 4 is 11.9 Å². The third-order valence-electron chi connectivity index (χ3n) is 1.91. The molecule has 0 rings (SSSR count). The normalized spacial score (nSPS) is 13.2. The van der Waals surface area contributed by atoms with Crippen LogP contribution in [0, 0.1) is 5.41 Å². The summed E-state index contributed by atoms with van der Waals surface area (Å²) in [6.45, 7) is 3.18. The molecule has 1 N–H and O–H groups in total. The zero-order valence-electron chi connectivity index (χ0n) is 8.86. The highest BCUT2D eigenvalue weighted by Crippen LogP contribution is 2.24. The number of hydrogen-bond donors (Lipinski definition) is 1. The molecule has 0 aliphatic carbocycles. The Hall–Kier alpha value is -1.10. The van der Waals surface area contributed by atoms with Crippen LogP contribution in [0.2, 0.25) is 0 Å². The first-order chi connectivity index (χ1) is 6.35. The molecule has 0 aromatic rings. The molecule has 5 heteroatoms. The predicted molar refractivity (Wildman–Crippen MR) is 48.4 cm³/mol. The van der Waals surface area contributed by atoms with Crippen LogP contribution in [0.25, 0.3) is 0 Å². The van der Waals surface area contributed by atoms with Gasteiger partial charge in [0, 0.05) is 0 Å². The number of hydrogen-bond acceptors (Lipinski definition) is 5. The average Bonchev–Trinajstić information content (AvgIpc) is 2.14. The van der Waals surface area contributed by atoms with Crippen LogP contribution < -0.4 is 0 Å². The summed E-state index contributed by atoms with van der Waals surface area (Å²) in [4.78, 5) is 22.1. The number of carbonyl (C=O) groups is 2. The molecule has 5 nitrogen and oxygen atoms in total. The van der Waals surface area contributed by atoms with Crippen molar-refractivity contribution in [2.45, 2.75) is 26.4 Å². The lowest BCUT2D eigenvalue weighted by molar-refractivity contribution is -0.158. The Morgan fingerprint density at radius 1 is 1.29 bits per heavy atom. The second-order valence-electron chi connectivity index (χ2n) is 3.62. The number of carbonyl (C=O) groups excluding carboxylic acids is 2. The second kappa shape index (κ2) is 4.95. The fraction of sp³-hybridized carbons (Fsp3) is 0.778. The number of aliphatic hydroxyl groups is 1. The first-order valence-electron chi connectivity index (χ1n) is 4.19. The van der Waals surface area contributed by atoms with Gasteiger partial charge in [-0.15, -0.1) is 0 Å². The molecule has 0 fully saturated rings. The van der Waals surface area contributed by atoms with Crippen LogP contribution in [-0.2, 0) is 19.1 Å². The topological polar surface area (TPSA) is 72.8 Å². The molecule has 0 aromatic carbocycles. The van der Waals surface area contributed by atoms with E-state index in [1.807, 2.05) is 0 Å². The van der Waals surface area contributed by atoms with Gasteiger partial charge in [-0.2, -0.15) is 0 Å². The summed E-state index contributed by atoms with van der Waals surface area (Å²) in [6.07, 6.45) is -1.32. The Morgan fingerprint density at radius 3 is 2.14 bits per heavy atom. The molecule has 0 amide bonds. The van der Waals surface area contributed by atoms with Gasteiger partial charge in [0.15, 0.2) is 6.10 Å². The maximum atomic E-state index is 11.2. The lowest BCUT2D eigenvalue weighted by atomic mass is 9.87. The number of esters is 2. The van der Waals surface area contributed by atoms with Crippen LogP contribution in [-0.4, -0.2) is 37.4 Å². The lowest BCUT2D eigenvalue weighted by Crippen LogP contribution is -2.34. The van der Waals surface area contributed by atoms with Gasteiger partial charge in [0.05, 0.1) is 19.6 Å². The van der Waals surface area contributed by atoms with E-state index in [2.05, 4.69) is 9.47 Å². The standard InChI is InChI=1S/C9H16O5/c1-9(2,8(12)14-4)5-6(10)7(11)13-3/h6,10H,5H2,1-4H3. The van der Waals surface area contributed by atoms with Crippen molar-refractivity contribution in [1.29, 1.82) is 0 Å². The third kappa shape index (κ3) is 3.33. The van der Waals surface area contributed by atoms with Crippen molar-refractivity contribution in [2.24, 2.45) is 5.41 Å². The molecule has 0 aliphatic rings. The van der Waals surface area contributed by atoms with E-state index < -0.39 is 23.5 Å². The van der Waals surface area contributed by atoms with Crippen molar-refractivity contribution < 1.29 is 24.2 Å². The highest BCUT2D eigenvalue weighted by atomic mass is 16.5. The van der Waals surface area contributed by atoms with E-state index in [4.69, 9.17) is 0 Å².